The van der Waals surface area contributed by atoms with Gasteiger partial charge in [0.2, 0.25) is 0 Å². The van der Waals surface area contributed by atoms with Gasteiger partial charge in [-0.15, -0.1) is 36.2 Å². The van der Waals surface area contributed by atoms with Crippen molar-refractivity contribution in [1.82, 2.24) is 14.8 Å². The van der Waals surface area contributed by atoms with Crippen LogP contribution in [0.4, 0.5) is 16.4 Å². The van der Waals surface area contributed by atoms with E-state index >= 15 is 0 Å². The van der Waals surface area contributed by atoms with Gasteiger partial charge in [-0.1, -0.05) is 32.9 Å². The lowest BCUT2D eigenvalue weighted by molar-refractivity contribution is 0.0847. The molecule has 1 atom stereocenters. The summed E-state index contributed by atoms with van der Waals surface area (Å²) in [7, 11) is 1.78. The first kappa shape index (κ1) is 25.9. The van der Waals surface area contributed by atoms with E-state index < -0.39 is 0 Å². The van der Waals surface area contributed by atoms with Crippen LogP contribution in [-0.2, 0) is 4.74 Å². The number of para-hydroxylation sites is 2. The number of methoxy groups -OCH3 is 1. The number of nitrogens with one attached hydrogen (secondary N) is 1. The fraction of sp³-hybridized carbons (Fsp3) is 0.545. The molecule has 2 aromatic rings. The van der Waals surface area contributed by atoms with E-state index in [9.17, 15) is 0 Å². The minimum Gasteiger partial charge on any atom is -0.385 e. The second kappa shape index (κ2) is 11.5. The number of amidine groups is 1. The van der Waals surface area contributed by atoms with E-state index in [1.807, 2.05) is 6.07 Å². The third kappa shape index (κ3) is 5.52. The number of nitrogens with zero attached hydrogens (tertiary/aromatic N) is 4. The number of likely N-dealkylation sites (N-methyl/N-ethyl adjacent to an activating group) is 1. The van der Waals surface area contributed by atoms with Gasteiger partial charge < -0.3 is 15.0 Å². The van der Waals surface area contributed by atoms with Gasteiger partial charge >= 0.3 is 0 Å². The Labute approximate surface area is 201 Å². The number of thiazole rings is 1. The van der Waals surface area contributed by atoms with Crippen molar-refractivity contribution >= 4 is 58.4 Å². The number of hydrogen-bond acceptors (Lipinski definition) is 7. The van der Waals surface area contributed by atoms with Crippen LogP contribution in [0.1, 0.15) is 43.8 Å². The third-order valence-electron chi connectivity index (χ3n) is 5.69. The van der Waals surface area contributed by atoms with E-state index in [1.54, 1.807) is 18.4 Å². The van der Waals surface area contributed by atoms with Gasteiger partial charge in [-0.25, -0.2) is 9.98 Å². The van der Waals surface area contributed by atoms with Crippen molar-refractivity contribution in [3.63, 3.8) is 0 Å². The Morgan fingerprint density at radius 2 is 2.00 bits per heavy atom. The lowest BCUT2D eigenvalue weighted by atomic mass is 10.1. The van der Waals surface area contributed by atoms with Crippen molar-refractivity contribution in [1.29, 1.82) is 0 Å². The van der Waals surface area contributed by atoms with Gasteiger partial charge in [-0.2, -0.15) is 0 Å². The van der Waals surface area contributed by atoms with E-state index in [-0.39, 0.29) is 24.8 Å². The molecule has 172 valence electrons. The van der Waals surface area contributed by atoms with Crippen molar-refractivity contribution in [3.8, 4) is 0 Å². The number of halogens is 2. The van der Waals surface area contributed by atoms with Crippen LogP contribution in [0.25, 0.3) is 0 Å². The molecule has 1 N–H and O–H groups in total. The molecular weight excluding hydrogens is 453 g/mol. The van der Waals surface area contributed by atoms with Crippen LogP contribution in [0.15, 0.2) is 29.3 Å². The summed E-state index contributed by atoms with van der Waals surface area (Å²) in [5.41, 5.74) is 3.02. The van der Waals surface area contributed by atoms with Crippen LogP contribution in [0.2, 0.25) is 0 Å². The number of piperazine rings is 1. The van der Waals surface area contributed by atoms with Crippen molar-refractivity contribution in [3.05, 3.63) is 35.0 Å². The quantitative estimate of drug-likeness (QED) is 0.623. The van der Waals surface area contributed by atoms with Gasteiger partial charge in [0.25, 0.3) is 0 Å². The number of aromatic nitrogens is 1. The fourth-order valence-electron chi connectivity index (χ4n) is 4.04. The topological polar surface area (TPSA) is 53.0 Å². The van der Waals surface area contributed by atoms with Crippen LogP contribution in [0, 0.1) is 0 Å². The highest BCUT2D eigenvalue weighted by Gasteiger charge is 2.32. The summed E-state index contributed by atoms with van der Waals surface area (Å²) in [6, 6.07) is 8.74. The number of ether oxygens (including phenoxy) is 1. The molecule has 0 radical (unpaired) electrons. The van der Waals surface area contributed by atoms with E-state index in [1.165, 1.54) is 0 Å². The molecule has 9 heteroatoms. The Morgan fingerprint density at radius 3 is 2.71 bits per heavy atom. The molecule has 0 bridgehead atoms. The second-order valence-corrected chi connectivity index (χ2v) is 9.00. The maximum Gasteiger partial charge on any atom is 0.158 e. The Balaban J connectivity index is 0.00000171. The highest BCUT2D eigenvalue weighted by atomic mass is 35.5. The molecule has 0 aliphatic carbocycles. The Bertz CT molecular complexity index is 889. The minimum atomic E-state index is 0. The van der Waals surface area contributed by atoms with Gasteiger partial charge in [0.1, 0.15) is 10.7 Å². The van der Waals surface area contributed by atoms with E-state index in [0.717, 1.165) is 72.1 Å². The number of fused-ring (bicyclic) bond motifs is 2. The molecule has 1 saturated heterocycles. The molecule has 4 rings (SSSR count). The predicted octanol–water partition coefficient (Wildman–Crippen LogP) is 5.29. The van der Waals surface area contributed by atoms with E-state index in [2.05, 4.69) is 54.1 Å². The molecule has 1 unspecified atom stereocenters. The highest BCUT2D eigenvalue weighted by molar-refractivity contribution is 7.16. The number of benzene rings is 1. The molecule has 2 aliphatic rings. The second-order valence-electron chi connectivity index (χ2n) is 7.97. The zero-order valence-corrected chi connectivity index (χ0v) is 21.1. The number of anilines is 2. The largest absolute Gasteiger partial charge is 0.385 e. The van der Waals surface area contributed by atoms with Crippen LogP contribution >= 0.6 is 36.2 Å². The summed E-state index contributed by atoms with van der Waals surface area (Å²) in [6.45, 7) is 11.4. The molecule has 31 heavy (non-hydrogen) atoms. The number of rotatable bonds is 5. The summed E-state index contributed by atoms with van der Waals surface area (Å²) >= 11 is 1.75. The van der Waals surface area contributed by atoms with Crippen molar-refractivity contribution < 1.29 is 4.74 Å². The van der Waals surface area contributed by atoms with Gasteiger partial charge in [-0.3, -0.25) is 4.90 Å². The van der Waals surface area contributed by atoms with E-state index in [4.69, 9.17) is 14.7 Å². The van der Waals surface area contributed by atoms with Crippen LogP contribution in [-0.4, -0.2) is 66.6 Å². The highest BCUT2D eigenvalue weighted by Crippen LogP contribution is 2.39. The molecular formula is C22H33Cl2N5OS. The summed E-state index contributed by atoms with van der Waals surface area (Å²) < 4.78 is 5.37. The normalized spacial score (nSPS) is 18.2. The Morgan fingerprint density at radius 1 is 1.23 bits per heavy atom. The Kier molecular flexibility index (Phi) is 9.58. The molecule has 1 aromatic heterocycles. The fourth-order valence-corrected chi connectivity index (χ4v) is 5.01. The maximum atomic E-state index is 5.37. The van der Waals surface area contributed by atoms with Crippen molar-refractivity contribution in [2.24, 2.45) is 4.99 Å². The third-order valence-corrected chi connectivity index (χ3v) is 6.96. The number of aliphatic imine (C=N–C) groups is 1. The molecule has 3 heterocycles. The van der Waals surface area contributed by atoms with Gasteiger partial charge in [0.05, 0.1) is 16.4 Å². The van der Waals surface area contributed by atoms with Crippen LogP contribution in [0.3, 0.4) is 0 Å². The van der Waals surface area contributed by atoms with Crippen LogP contribution in [0.5, 0.6) is 0 Å². The SMILES string of the molecule is CCN1CCN(C2=Nc3ccccc3Nc3sc(C(C)C)nc32)CC1CCOC.Cl.Cl. The lowest BCUT2D eigenvalue weighted by Gasteiger charge is -2.42. The summed E-state index contributed by atoms with van der Waals surface area (Å²) in [5.74, 6) is 1.40. The van der Waals surface area contributed by atoms with Crippen molar-refractivity contribution in [2.45, 2.75) is 39.2 Å². The lowest BCUT2D eigenvalue weighted by Crippen LogP contribution is -2.55. The summed E-state index contributed by atoms with van der Waals surface area (Å²) in [5, 5.41) is 5.85. The zero-order chi connectivity index (χ0) is 20.4. The molecule has 0 saturated carbocycles. The molecule has 1 aromatic carbocycles. The first-order valence-electron chi connectivity index (χ1n) is 10.5. The number of hydrogen-bond donors (Lipinski definition) is 1. The van der Waals surface area contributed by atoms with Gasteiger partial charge in [-0.05, 0) is 25.1 Å². The average Bonchev–Trinajstić information content (AvgIpc) is 3.08. The van der Waals surface area contributed by atoms with Gasteiger partial charge in [0.15, 0.2) is 5.84 Å². The standard InChI is InChI=1S/C22H31N5OS.2ClH/c1-5-26-11-12-27(14-16(26)10-13-28-4)20-19-22(29-21(25-19)15(2)3)24-18-9-7-6-8-17(18)23-20;;/h6-9,15-16,24H,5,10-14H2,1-4H3;2*1H. The molecule has 6 nitrogen and oxygen atoms in total. The molecule has 0 amide bonds. The molecule has 2 aliphatic heterocycles. The smallest absolute Gasteiger partial charge is 0.158 e. The molecule has 1 fully saturated rings. The van der Waals surface area contributed by atoms with Gasteiger partial charge in [0, 0.05) is 45.3 Å². The van der Waals surface area contributed by atoms with Crippen molar-refractivity contribution in [2.75, 3.05) is 45.2 Å². The zero-order valence-electron chi connectivity index (χ0n) is 18.6. The summed E-state index contributed by atoms with van der Waals surface area (Å²) in [6.07, 6.45) is 1.03. The first-order chi connectivity index (χ1) is 14.1. The Hall–Kier alpha value is -1.38. The summed E-state index contributed by atoms with van der Waals surface area (Å²) in [4.78, 5) is 15.1. The predicted molar refractivity (Wildman–Crippen MR) is 136 cm³/mol. The van der Waals surface area contributed by atoms with Crippen LogP contribution < -0.4 is 5.32 Å². The maximum absolute atomic E-state index is 5.37. The molecule has 0 spiro atoms. The van der Waals surface area contributed by atoms with E-state index in [0.29, 0.717) is 12.0 Å². The monoisotopic (exact) mass is 485 g/mol. The minimum absolute atomic E-state index is 0. The average molecular weight is 487 g/mol. The first-order valence-corrected chi connectivity index (χ1v) is 11.4.